The van der Waals surface area contributed by atoms with Gasteiger partial charge in [-0.15, -0.1) is 11.8 Å². The zero-order chi connectivity index (χ0) is 16.7. The molecule has 1 aromatic carbocycles. The Kier molecular flexibility index (Phi) is 6.96. The zero-order valence-corrected chi connectivity index (χ0v) is 14.8. The van der Waals surface area contributed by atoms with E-state index < -0.39 is 0 Å². The molecule has 0 atom stereocenters. The fraction of sp³-hybridized carbons (Fsp3) is 0.556. The molecule has 1 aliphatic carbocycles. The van der Waals surface area contributed by atoms with Gasteiger partial charge in [-0.3, -0.25) is 9.59 Å². The smallest absolute Gasteiger partial charge is 0.244 e. The van der Waals surface area contributed by atoms with E-state index in [1.807, 2.05) is 30.5 Å². The number of likely N-dealkylation sites (N-methyl/N-ethyl adjacent to an activating group) is 1. The zero-order valence-electron chi connectivity index (χ0n) is 14.0. The Bertz CT molecular complexity index is 542. The van der Waals surface area contributed by atoms with Crippen molar-refractivity contribution >= 4 is 29.3 Å². The van der Waals surface area contributed by atoms with Crippen LogP contribution in [0.25, 0.3) is 0 Å². The molecule has 0 radical (unpaired) electrons. The van der Waals surface area contributed by atoms with Crippen LogP contribution >= 0.6 is 11.8 Å². The molecule has 0 bridgehead atoms. The predicted molar refractivity (Wildman–Crippen MR) is 95.7 cm³/mol. The van der Waals surface area contributed by atoms with Gasteiger partial charge in [-0.05, 0) is 30.7 Å². The molecule has 0 heterocycles. The van der Waals surface area contributed by atoms with E-state index in [1.165, 1.54) is 30.6 Å². The summed E-state index contributed by atoms with van der Waals surface area (Å²) in [5.74, 6) is 0.614. The monoisotopic (exact) mass is 334 g/mol. The number of para-hydroxylation sites is 1. The van der Waals surface area contributed by atoms with Crippen molar-refractivity contribution in [1.82, 2.24) is 4.90 Å². The molecule has 1 N–H and O–H groups in total. The van der Waals surface area contributed by atoms with Crippen LogP contribution in [0.2, 0.25) is 0 Å². The minimum atomic E-state index is -0.150. The summed E-state index contributed by atoms with van der Waals surface area (Å²) in [6.07, 6.45) is 8.59. The molecule has 4 nitrogen and oxygen atoms in total. The first kappa shape index (κ1) is 17.9. The SMILES string of the molecule is CSc1ccccc1NC(=O)CN(C)C(=O)CCC1CCCC1. The van der Waals surface area contributed by atoms with Crippen molar-refractivity contribution < 1.29 is 9.59 Å². The lowest BCUT2D eigenvalue weighted by molar-refractivity contribution is -0.133. The largest absolute Gasteiger partial charge is 0.336 e. The lowest BCUT2D eigenvalue weighted by atomic mass is 10.0. The number of rotatable bonds is 7. The van der Waals surface area contributed by atoms with E-state index in [9.17, 15) is 9.59 Å². The van der Waals surface area contributed by atoms with E-state index in [-0.39, 0.29) is 18.4 Å². The van der Waals surface area contributed by atoms with E-state index in [4.69, 9.17) is 0 Å². The number of nitrogens with one attached hydrogen (secondary N) is 1. The van der Waals surface area contributed by atoms with Gasteiger partial charge in [0.2, 0.25) is 11.8 Å². The summed E-state index contributed by atoms with van der Waals surface area (Å²) in [4.78, 5) is 26.9. The highest BCUT2D eigenvalue weighted by Gasteiger charge is 2.19. The third kappa shape index (κ3) is 5.57. The highest BCUT2D eigenvalue weighted by Crippen LogP contribution is 2.28. The van der Waals surface area contributed by atoms with Crippen molar-refractivity contribution in [3.05, 3.63) is 24.3 Å². The average molecular weight is 334 g/mol. The number of nitrogens with zero attached hydrogens (tertiary/aromatic N) is 1. The average Bonchev–Trinajstić information content (AvgIpc) is 3.06. The number of hydrogen-bond acceptors (Lipinski definition) is 3. The van der Waals surface area contributed by atoms with Gasteiger partial charge in [0.15, 0.2) is 0 Å². The second-order valence-corrected chi connectivity index (χ2v) is 7.04. The molecule has 126 valence electrons. The van der Waals surface area contributed by atoms with Crippen molar-refractivity contribution in [3.63, 3.8) is 0 Å². The summed E-state index contributed by atoms with van der Waals surface area (Å²) >= 11 is 1.59. The highest BCUT2D eigenvalue weighted by molar-refractivity contribution is 7.98. The Morgan fingerprint density at radius 3 is 2.65 bits per heavy atom. The van der Waals surface area contributed by atoms with Gasteiger partial charge in [-0.1, -0.05) is 37.8 Å². The minimum Gasteiger partial charge on any atom is -0.336 e. The molecule has 5 heteroatoms. The number of carbonyl (C=O) groups excluding carboxylic acids is 2. The van der Waals surface area contributed by atoms with E-state index in [0.29, 0.717) is 12.3 Å². The number of thioether (sulfide) groups is 1. The lowest BCUT2D eigenvalue weighted by Crippen LogP contribution is -2.35. The van der Waals surface area contributed by atoms with Gasteiger partial charge >= 0.3 is 0 Å². The van der Waals surface area contributed by atoms with Crippen LogP contribution in [0.15, 0.2) is 29.2 Å². The van der Waals surface area contributed by atoms with Crippen LogP contribution in [0.4, 0.5) is 5.69 Å². The molecular weight excluding hydrogens is 308 g/mol. The molecule has 2 amide bonds. The van der Waals surface area contributed by atoms with Crippen molar-refractivity contribution in [3.8, 4) is 0 Å². The van der Waals surface area contributed by atoms with Crippen LogP contribution in [-0.2, 0) is 9.59 Å². The van der Waals surface area contributed by atoms with Gasteiger partial charge in [0.1, 0.15) is 0 Å². The third-order valence-electron chi connectivity index (χ3n) is 4.43. The summed E-state index contributed by atoms with van der Waals surface area (Å²) < 4.78 is 0. The molecular formula is C18H26N2O2S. The number of carbonyl (C=O) groups is 2. The number of hydrogen-bond donors (Lipinski definition) is 1. The molecule has 0 saturated heterocycles. The molecule has 0 aromatic heterocycles. The van der Waals surface area contributed by atoms with E-state index in [2.05, 4.69) is 5.32 Å². The van der Waals surface area contributed by atoms with Gasteiger partial charge in [-0.2, -0.15) is 0 Å². The van der Waals surface area contributed by atoms with Crippen LogP contribution in [0, 0.1) is 5.92 Å². The Balaban J connectivity index is 1.78. The van der Waals surface area contributed by atoms with Crippen LogP contribution in [0.3, 0.4) is 0 Å². The quantitative estimate of drug-likeness (QED) is 0.772. The normalized spacial score (nSPS) is 14.7. The van der Waals surface area contributed by atoms with Crippen molar-refractivity contribution in [2.75, 3.05) is 25.2 Å². The lowest BCUT2D eigenvalue weighted by Gasteiger charge is -2.18. The fourth-order valence-electron chi connectivity index (χ4n) is 3.06. The predicted octanol–water partition coefficient (Wildman–Crippen LogP) is 3.78. The van der Waals surface area contributed by atoms with Crippen LogP contribution in [0.1, 0.15) is 38.5 Å². The molecule has 1 aliphatic rings. The maximum Gasteiger partial charge on any atom is 0.244 e. The van der Waals surface area contributed by atoms with Gasteiger partial charge < -0.3 is 10.2 Å². The Morgan fingerprint density at radius 2 is 1.96 bits per heavy atom. The fourth-order valence-corrected chi connectivity index (χ4v) is 3.61. The Labute approximate surface area is 143 Å². The molecule has 0 spiro atoms. The molecule has 0 unspecified atom stereocenters. The van der Waals surface area contributed by atoms with Crippen LogP contribution < -0.4 is 5.32 Å². The van der Waals surface area contributed by atoms with Gasteiger partial charge in [-0.25, -0.2) is 0 Å². The van der Waals surface area contributed by atoms with Crippen molar-refractivity contribution in [2.45, 2.75) is 43.4 Å². The summed E-state index contributed by atoms with van der Waals surface area (Å²) in [6.45, 7) is 0.103. The highest BCUT2D eigenvalue weighted by atomic mass is 32.2. The van der Waals surface area contributed by atoms with Gasteiger partial charge in [0.05, 0.1) is 12.2 Å². The van der Waals surface area contributed by atoms with E-state index >= 15 is 0 Å². The standard InChI is InChI=1S/C18H26N2O2S/c1-20(18(22)12-11-14-7-3-4-8-14)13-17(21)19-15-9-5-6-10-16(15)23-2/h5-6,9-10,14H,3-4,7-8,11-13H2,1-2H3,(H,19,21). The summed E-state index contributed by atoms with van der Waals surface area (Å²) in [7, 11) is 1.71. The number of benzene rings is 1. The topological polar surface area (TPSA) is 49.4 Å². The Hall–Kier alpha value is -1.49. The van der Waals surface area contributed by atoms with Crippen LogP contribution in [0.5, 0.6) is 0 Å². The number of anilines is 1. The van der Waals surface area contributed by atoms with Crippen LogP contribution in [-0.4, -0.2) is 36.6 Å². The molecule has 1 aromatic rings. The second kappa shape index (κ2) is 8.96. The second-order valence-electron chi connectivity index (χ2n) is 6.19. The molecule has 2 rings (SSSR count). The maximum absolute atomic E-state index is 12.2. The van der Waals surface area contributed by atoms with E-state index in [1.54, 1.807) is 18.8 Å². The molecule has 0 aliphatic heterocycles. The van der Waals surface area contributed by atoms with Gasteiger partial charge in [0.25, 0.3) is 0 Å². The molecule has 1 saturated carbocycles. The van der Waals surface area contributed by atoms with Crippen molar-refractivity contribution in [2.24, 2.45) is 5.92 Å². The molecule has 23 heavy (non-hydrogen) atoms. The van der Waals surface area contributed by atoms with E-state index in [0.717, 1.165) is 17.0 Å². The summed E-state index contributed by atoms with van der Waals surface area (Å²) in [5.41, 5.74) is 0.803. The first-order chi connectivity index (χ1) is 11.1. The maximum atomic E-state index is 12.2. The summed E-state index contributed by atoms with van der Waals surface area (Å²) in [6, 6.07) is 7.69. The first-order valence-corrected chi connectivity index (χ1v) is 9.49. The van der Waals surface area contributed by atoms with Gasteiger partial charge in [0, 0.05) is 18.4 Å². The molecule has 1 fully saturated rings. The third-order valence-corrected chi connectivity index (χ3v) is 5.22. The first-order valence-electron chi connectivity index (χ1n) is 8.27. The summed E-state index contributed by atoms with van der Waals surface area (Å²) in [5, 5.41) is 2.89. The minimum absolute atomic E-state index is 0.0604. The van der Waals surface area contributed by atoms with Crippen molar-refractivity contribution in [1.29, 1.82) is 0 Å². The number of amides is 2. The Morgan fingerprint density at radius 1 is 1.26 bits per heavy atom.